The predicted octanol–water partition coefficient (Wildman–Crippen LogP) is 2.13. The lowest BCUT2D eigenvalue weighted by Gasteiger charge is -2.25. The van der Waals surface area contributed by atoms with Gasteiger partial charge < -0.3 is 16.2 Å². The molecule has 22 heavy (non-hydrogen) atoms. The highest BCUT2D eigenvalue weighted by atomic mass is 35.5. The number of nitrogens with zero attached hydrogens (tertiary/aromatic N) is 1. The number of carbonyl (C=O) groups is 1. The fraction of sp³-hybridized carbons (Fsp3) is 0.533. The Morgan fingerprint density at radius 3 is 2.82 bits per heavy atom. The maximum Gasteiger partial charge on any atom is 0.237 e. The molecule has 1 aliphatic rings. The molecule has 1 fully saturated rings. The van der Waals surface area contributed by atoms with Gasteiger partial charge in [0.1, 0.15) is 5.75 Å². The van der Waals surface area contributed by atoms with Crippen LogP contribution in [0.1, 0.15) is 25.8 Å². The van der Waals surface area contributed by atoms with E-state index in [2.05, 4.69) is 5.32 Å². The average molecular weight is 346 g/mol. The van der Waals surface area contributed by atoms with Gasteiger partial charge in [-0.05, 0) is 32.4 Å². The van der Waals surface area contributed by atoms with Gasteiger partial charge in [0.05, 0.1) is 11.1 Å². The Morgan fingerprint density at radius 1 is 1.50 bits per heavy atom. The highest BCUT2D eigenvalue weighted by Gasteiger charge is 2.36. The van der Waals surface area contributed by atoms with E-state index in [1.54, 1.807) is 6.07 Å². The summed E-state index contributed by atoms with van der Waals surface area (Å²) in [6, 6.07) is 2.73. The predicted molar refractivity (Wildman–Crippen MR) is 88.2 cm³/mol. The summed E-state index contributed by atoms with van der Waals surface area (Å²) in [5, 5.41) is 13.3. The number of rotatable bonds is 4. The van der Waals surface area contributed by atoms with Crippen LogP contribution < -0.4 is 11.1 Å². The summed E-state index contributed by atoms with van der Waals surface area (Å²) in [4.78, 5) is 14.3. The summed E-state index contributed by atoms with van der Waals surface area (Å²) in [7, 11) is 0. The zero-order valence-corrected chi connectivity index (χ0v) is 14.2. The number of aromatic hydroxyl groups is 1. The minimum absolute atomic E-state index is 0.0206. The molecular formula is C15H21Cl2N3O2. The van der Waals surface area contributed by atoms with Crippen LogP contribution in [0.25, 0.3) is 0 Å². The van der Waals surface area contributed by atoms with Crippen LogP contribution >= 0.6 is 23.2 Å². The van der Waals surface area contributed by atoms with E-state index < -0.39 is 0 Å². The molecule has 0 bridgehead atoms. The molecule has 0 unspecified atom stereocenters. The molecule has 0 saturated carbocycles. The van der Waals surface area contributed by atoms with Gasteiger partial charge in [-0.3, -0.25) is 9.69 Å². The van der Waals surface area contributed by atoms with E-state index in [1.807, 2.05) is 18.7 Å². The van der Waals surface area contributed by atoms with Gasteiger partial charge in [0.15, 0.2) is 0 Å². The molecule has 1 aliphatic heterocycles. The van der Waals surface area contributed by atoms with Crippen LogP contribution in [-0.4, -0.2) is 40.6 Å². The maximum atomic E-state index is 12.3. The number of amides is 1. The summed E-state index contributed by atoms with van der Waals surface area (Å²) >= 11 is 12.3. The number of likely N-dealkylation sites (tertiary alicyclic amines) is 1. The van der Waals surface area contributed by atoms with Gasteiger partial charge in [0.2, 0.25) is 5.91 Å². The van der Waals surface area contributed by atoms with Gasteiger partial charge >= 0.3 is 0 Å². The first kappa shape index (κ1) is 17.3. The monoisotopic (exact) mass is 345 g/mol. The second kappa shape index (κ2) is 7.04. The van der Waals surface area contributed by atoms with E-state index in [1.165, 1.54) is 6.07 Å². The van der Waals surface area contributed by atoms with Crippen molar-refractivity contribution in [3.63, 3.8) is 0 Å². The third-order valence-electron chi connectivity index (χ3n) is 3.70. The number of halogens is 2. The minimum atomic E-state index is -0.313. The zero-order chi connectivity index (χ0) is 16.4. The SMILES string of the molecule is CC(C)NC(=O)[C@@H]1C[C@@H](N)CN1Cc1c(Cl)ccc(O)c1Cl. The highest BCUT2D eigenvalue weighted by molar-refractivity contribution is 6.36. The van der Waals surface area contributed by atoms with E-state index in [9.17, 15) is 9.90 Å². The third kappa shape index (κ3) is 3.84. The Hall–Kier alpha value is -1.01. The third-order valence-corrected chi connectivity index (χ3v) is 4.47. The number of phenolic OH excluding ortho intramolecular Hbond substituents is 1. The molecule has 2 rings (SSSR count). The lowest BCUT2D eigenvalue weighted by atomic mass is 10.1. The van der Waals surface area contributed by atoms with Gasteiger partial charge in [0, 0.05) is 35.8 Å². The summed E-state index contributed by atoms with van der Waals surface area (Å²) in [6.45, 7) is 4.79. The molecule has 2 atom stereocenters. The van der Waals surface area contributed by atoms with Gasteiger partial charge in [-0.15, -0.1) is 0 Å². The fourth-order valence-electron chi connectivity index (χ4n) is 2.70. The molecule has 1 aromatic carbocycles. The molecule has 1 saturated heterocycles. The Kier molecular flexibility index (Phi) is 5.55. The first-order chi connectivity index (χ1) is 10.3. The topological polar surface area (TPSA) is 78.6 Å². The number of nitrogens with one attached hydrogen (secondary N) is 1. The smallest absolute Gasteiger partial charge is 0.237 e. The molecule has 7 heteroatoms. The normalized spacial score (nSPS) is 22.3. The van der Waals surface area contributed by atoms with Crippen molar-refractivity contribution in [2.45, 2.75) is 44.9 Å². The number of nitrogens with two attached hydrogens (primary N) is 1. The lowest BCUT2D eigenvalue weighted by Crippen LogP contribution is -2.45. The van der Waals surface area contributed by atoms with Crippen LogP contribution in [0.5, 0.6) is 5.75 Å². The van der Waals surface area contributed by atoms with E-state index in [-0.39, 0.29) is 34.8 Å². The molecular weight excluding hydrogens is 325 g/mol. The minimum Gasteiger partial charge on any atom is -0.506 e. The van der Waals surface area contributed by atoms with E-state index in [0.717, 1.165) is 0 Å². The van der Waals surface area contributed by atoms with Crippen LogP contribution in [0.15, 0.2) is 12.1 Å². The molecule has 122 valence electrons. The maximum absolute atomic E-state index is 12.3. The largest absolute Gasteiger partial charge is 0.506 e. The van der Waals surface area contributed by atoms with Crippen LogP contribution in [0.4, 0.5) is 0 Å². The van der Waals surface area contributed by atoms with E-state index >= 15 is 0 Å². The lowest BCUT2D eigenvalue weighted by molar-refractivity contribution is -0.126. The first-order valence-electron chi connectivity index (χ1n) is 7.25. The number of hydrogen-bond acceptors (Lipinski definition) is 4. The molecule has 1 aromatic rings. The zero-order valence-electron chi connectivity index (χ0n) is 12.6. The van der Waals surface area contributed by atoms with Crippen molar-refractivity contribution in [3.8, 4) is 5.75 Å². The molecule has 4 N–H and O–H groups in total. The quantitative estimate of drug-likeness (QED) is 0.780. The van der Waals surface area contributed by atoms with Gasteiger partial charge in [-0.2, -0.15) is 0 Å². The highest BCUT2D eigenvalue weighted by Crippen LogP contribution is 2.34. The number of benzene rings is 1. The van der Waals surface area contributed by atoms with Crippen molar-refractivity contribution >= 4 is 29.1 Å². The first-order valence-corrected chi connectivity index (χ1v) is 8.01. The Labute approximate surface area is 140 Å². The second-order valence-electron chi connectivity index (χ2n) is 5.96. The molecule has 1 amide bonds. The van der Waals surface area contributed by atoms with Crippen molar-refractivity contribution in [1.82, 2.24) is 10.2 Å². The van der Waals surface area contributed by atoms with Crippen LogP contribution in [-0.2, 0) is 11.3 Å². The van der Waals surface area contributed by atoms with Crippen molar-refractivity contribution < 1.29 is 9.90 Å². The molecule has 5 nitrogen and oxygen atoms in total. The average Bonchev–Trinajstić information content (AvgIpc) is 2.79. The summed E-state index contributed by atoms with van der Waals surface area (Å²) in [5.74, 6) is -0.0666. The van der Waals surface area contributed by atoms with Gasteiger partial charge in [0.25, 0.3) is 0 Å². The van der Waals surface area contributed by atoms with Crippen molar-refractivity contribution in [2.24, 2.45) is 5.73 Å². The summed E-state index contributed by atoms with van der Waals surface area (Å²) in [5.41, 5.74) is 6.62. The number of carbonyl (C=O) groups excluding carboxylic acids is 1. The van der Waals surface area contributed by atoms with Gasteiger partial charge in [-0.25, -0.2) is 0 Å². The van der Waals surface area contributed by atoms with E-state index in [0.29, 0.717) is 30.1 Å². The molecule has 0 aliphatic carbocycles. The summed E-state index contributed by atoms with van der Waals surface area (Å²) in [6.07, 6.45) is 0.590. The molecule has 0 aromatic heterocycles. The number of phenols is 1. The van der Waals surface area contributed by atoms with Gasteiger partial charge in [-0.1, -0.05) is 23.2 Å². The second-order valence-corrected chi connectivity index (χ2v) is 6.75. The molecule has 0 radical (unpaired) electrons. The van der Waals surface area contributed by atoms with Crippen molar-refractivity contribution in [1.29, 1.82) is 0 Å². The standard InChI is InChI=1S/C15H21Cl2N3O2/c1-8(2)19-15(22)12-5-9(18)6-20(12)7-10-11(16)3-4-13(21)14(10)17/h3-4,8-9,12,21H,5-7,18H2,1-2H3,(H,19,22)/t9-,12+/m1/s1. The molecule has 0 spiro atoms. The molecule has 1 heterocycles. The Balaban J connectivity index is 2.20. The van der Waals surface area contributed by atoms with Crippen molar-refractivity contribution in [3.05, 3.63) is 27.7 Å². The van der Waals surface area contributed by atoms with Crippen LogP contribution in [0.3, 0.4) is 0 Å². The Morgan fingerprint density at radius 2 is 2.18 bits per heavy atom. The van der Waals surface area contributed by atoms with Crippen LogP contribution in [0.2, 0.25) is 10.0 Å². The van der Waals surface area contributed by atoms with Crippen molar-refractivity contribution in [2.75, 3.05) is 6.54 Å². The Bertz CT molecular complexity index is 566. The van der Waals surface area contributed by atoms with E-state index in [4.69, 9.17) is 28.9 Å². The fourth-order valence-corrected chi connectivity index (χ4v) is 3.19. The summed E-state index contributed by atoms with van der Waals surface area (Å²) < 4.78 is 0. The van der Waals surface area contributed by atoms with Crippen LogP contribution in [0, 0.1) is 0 Å². The number of hydrogen-bond donors (Lipinski definition) is 3.